The molecule has 0 aromatic carbocycles. The molecule has 11 atom stereocenters. The van der Waals surface area contributed by atoms with Crippen LogP contribution in [0, 0.1) is 52.3 Å². The highest BCUT2D eigenvalue weighted by Crippen LogP contribution is 2.68. The number of carbonyl (C=O) groups is 2. The zero-order valence-electron chi connectivity index (χ0n) is 30.4. The Bertz CT molecular complexity index is 1590. The molecule has 2 aromatic rings. The minimum atomic E-state index is -0.767. The van der Waals surface area contributed by atoms with Crippen molar-refractivity contribution in [3.05, 3.63) is 16.7 Å². The number of nitrogens with one attached hydrogen (secondary N) is 2. The number of aromatic amines is 1. The summed E-state index contributed by atoms with van der Waals surface area (Å²) >= 11 is 0. The molecule has 4 saturated carbocycles. The van der Waals surface area contributed by atoms with Gasteiger partial charge in [-0.25, -0.2) is 9.78 Å². The van der Waals surface area contributed by atoms with Crippen molar-refractivity contribution >= 4 is 29.0 Å². The average molecular weight is 699 g/mol. The summed E-state index contributed by atoms with van der Waals surface area (Å²) in [5, 5.41) is 24.9. The van der Waals surface area contributed by atoms with Gasteiger partial charge in [-0.1, -0.05) is 34.6 Å². The molecule has 2 aromatic heterocycles. The summed E-state index contributed by atoms with van der Waals surface area (Å²) < 4.78 is 12.6. The van der Waals surface area contributed by atoms with Crippen molar-refractivity contribution in [1.29, 1.82) is 0 Å². The van der Waals surface area contributed by atoms with Crippen molar-refractivity contribution in [3.63, 3.8) is 0 Å². The van der Waals surface area contributed by atoms with Gasteiger partial charge in [-0.15, -0.1) is 0 Å². The van der Waals surface area contributed by atoms with Crippen LogP contribution in [0.25, 0.3) is 11.2 Å². The Balaban J connectivity index is 0.967. The van der Waals surface area contributed by atoms with Crippen LogP contribution < -0.4 is 16.6 Å². The SMILES string of the molecule is CC(C)C(NC(=O)CCC(C)C1CCC2C3C(CC[C@]12C)[C@@]1(C)CC[C@@H](O)CC1C[C@H]3O)C(=O)OCCOCn1cnc2c(=O)[nH]c(N)nc21. The van der Waals surface area contributed by atoms with Crippen molar-refractivity contribution in [2.24, 2.45) is 52.3 Å². The summed E-state index contributed by atoms with van der Waals surface area (Å²) in [5.74, 6) is 1.74. The molecule has 7 unspecified atom stereocenters. The number of ether oxygens (including phenoxy) is 2. The summed E-state index contributed by atoms with van der Waals surface area (Å²) in [5.41, 5.74) is 6.01. The lowest BCUT2D eigenvalue weighted by atomic mass is 9.43. The van der Waals surface area contributed by atoms with E-state index in [4.69, 9.17) is 15.2 Å². The van der Waals surface area contributed by atoms with Gasteiger partial charge in [0.15, 0.2) is 11.2 Å². The van der Waals surface area contributed by atoms with Crippen molar-refractivity contribution in [1.82, 2.24) is 24.8 Å². The van der Waals surface area contributed by atoms with E-state index in [2.05, 4.69) is 41.0 Å². The topological polar surface area (TPSA) is 195 Å². The highest BCUT2D eigenvalue weighted by molar-refractivity contribution is 5.84. The highest BCUT2D eigenvalue weighted by atomic mass is 16.6. The predicted octanol–water partition coefficient (Wildman–Crippen LogP) is 3.77. The molecule has 1 amide bonds. The molecular formula is C37H58N6O7. The van der Waals surface area contributed by atoms with E-state index in [1.807, 2.05) is 13.8 Å². The number of rotatable bonds is 12. The molecule has 4 fully saturated rings. The number of nitrogens with zero attached hydrogens (tertiary/aromatic N) is 3. The number of hydrogen-bond donors (Lipinski definition) is 5. The molecule has 13 nitrogen and oxygen atoms in total. The Morgan fingerprint density at radius 2 is 1.82 bits per heavy atom. The van der Waals surface area contributed by atoms with Crippen LogP contribution in [0.3, 0.4) is 0 Å². The molecule has 4 aliphatic rings. The number of amides is 1. The van der Waals surface area contributed by atoms with Crippen LogP contribution in [0.4, 0.5) is 5.95 Å². The van der Waals surface area contributed by atoms with E-state index in [0.29, 0.717) is 47.6 Å². The maximum Gasteiger partial charge on any atom is 0.328 e. The summed E-state index contributed by atoms with van der Waals surface area (Å²) in [7, 11) is 0. The van der Waals surface area contributed by atoms with Crippen molar-refractivity contribution in [2.75, 3.05) is 18.9 Å². The van der Waals surface area contributed by atoms with Crippen LogP contribution in [-0.4, -0.2) is 73.1 Å². The monoisotopic (exact) mass is 698 g/mol. The second-order valence-corrected chi connectivity index (χ2v) is 16.8. The number of aliphatic hydroxyl groups is 2. The number of aliphatic hydroxyl groups excluding tert-OH is 2. The summed E-state index contributed by atoms with van der Waals surface area (Å²) in [6.07, 6.45) is 10.1. The normalized spacial score (nSPS) is 34.8. The maximum absolute atomic E-state index is 13.2. The minimum Gasteiger partial charge on any atom is -0.462 e. The average Bonchev–Trinajstić information content (AvgIpc) is 3.63. The number of nitrogen functional groups attached to an aromatic ring is 1. The van der Waals surface area contributed by atoms with E-state index < -0.39 is 17.6 Å². The molecule has 4 aliphatic carbocycles. The molecule has 0 bridgehead atoms. The van der Waals surface area contributed by atoms with Gasteiger partial charge in [0.25, 0.3) is 5.56 Å². The fourth-order valence-corrected chi connectivity index (χ4v) is 11.0. The smallest absolute Gasteiger partial charge is 0.328 e. The number of nitrogens with two attached hydrogens (primary N) is 1. The first kappa shape index (κ1) is 36.8. The number of hydrogen-bond acceptors (Lipinski definition) is 10. The largest absolute Gasteiger partial charge is 0.462 e. The first-order valence-corrected chi connectivity index (χ1v) is 18.8. The van der Waals surface area contributed by atoms with Crippen LogP contribution in [0.5, 0.6) is 0 Å². The third-order valence-corrected chi connectivity index (χ3v) is 13.7. The summed E-state index contributed by atoms with van der Waals surface area (Å²) in [4.78, 5) is 48.7. The third kappa shape index (κ3) is 6.93. The Morgan fingerprint density at radius 3 is 2.58 bits per heavy atom. The molecule has 6 N–H and O–H groups in total. The highest BCUT2D eigenvalue weighted by Gasteiger charge is 2.62. The molecule has 0 radical (unpaired) electrons. The maximum atomic E-state index is 13.2. The van der Waals surface area contributed by atoms with Gasteiger partial charge >= 0.3 is 5.97 Å². The van der Waals surface area contributed by atoms with Gasteiger partial charge in [0, 0.05) is 6.42 Å². The summed E-state index contributed by atoms with van der Waals surface area (Å²) in [6, 6.07) is -0.767. The lowest BCUT2D eigenvalue weighted by Gasteiger charge is -2.62. The molecule has 2 heterocycles. The quantitative estimate of drug-likeness (QED) is 0.161. The van der Waals surface area contributed by atoms with Gasteiger partial charge in [-0.2, -0.15) is 4.98 Å². The standard InChI is InChI=1S/C37H58N6O7/c1-20(2)30(34(48)50-15-14-49-19-43-18-39-31-32(43)41-35(38)42-33(31)47)40-28(46)9-6-21(3)24-7-8-25-29-26(11-13-37(24,25)5)36(4)12-10-23(44)16-22(36)17-27(29)45/h18,20-27,29-30,44-45H,6-17,19H2,1-5H3,(H,40,46)(H3,38,41,42,47)/t21?,22?,23-,24?,25?,26?,27-,29?,30?,36+,37-/m1/s1. The predicted molar refractivity (Wildman–Crippen MR) is 187 cm³/mol. The molecule has 0 aliphatic heterocycles. The van der Waals surface area contributed by atoms with E-state index in [-0.39, 0.29) is 66.3 Å². The van der Waals surface area contributed by atoms with Crippen LogP contribution in [0.15, 0.2) is 11.1 Å². The van der Waals surface area contributed by atoms with E-state index in [0.717, 1.165) is 57.8 Å². The number of H-pyrrole nitrogens is 1. The van der Waals surface area contributed by atoms with Crippen molar-refractivity contribution < 1.29 is 29.3 Å². The Hall–Kier alpha value is -3.03. The number of carbonyl (C=O) groups excluding carboxylic acids is 2. The van der Waals surface area contributed by atoms with E-state index in [9.17, 15) is 24.6 Å². The first-order valence-electron chi connectivity index (χ1n) is 18.8. The van der Waals surface area contributed by atoms with Gasteiger partial charge in [0.2, 0.25) is 11.9 Å². The molecule has 50 heavy (non-hydrogen) atoms. The minimum absolute atomic E-state index is 0.00250. The molecule has 278 valence electrons. The van der Waals surface area contributed by atoms with Gasteiger partial charge < -0.3 is 30.7 Å². The first-order chi connectivity index (χ1) is 23.7. The van der Waals surface area contributed by atoms with Gasteiger partial charge in [-0.05, 0) is 110 Å². The Kier molecular flexibility index (Phi) is 10.7. The summed E-state index contributed by atoms with van der Waals surface area (Å²) in [6.45, 7) is 11.1. The lowest BCUT2D eigenvalue weighted by Crippen LogP contribution is -2.58. The van der Waals surface area contributed by atoms with Crippen LogP contribution >= 0.6 is 0 Å². The second kappa shape index (κ2) is 14.5. The molecule has 13 heteroatoms. The lowest BCUT2D eigenvalue weighted by molar-refractivity contribution is -0.174. The molecule has 0 spiro atoms. The Labute approximate surface area is 294 Å². The number of imidazole rings is 1. The molecule has 6 rings (SSSR count). The van der Waals surface area contributed by atoms with Crippen molar-refractivity contribution in [3.8, 4) is 0 Å². The van der Waals surface area contributed by atoms with E-state index in [1.54, 1.807) is 0 Å². The fraction of sp³-hybridized carbons (Fsp3) is 0.811. The number of aromatic nitrogens is 4. The van der Waals surface area contributed by atoms with Gasteiger partial charge in [0.05, 0.1) is 25.1 Å². The van der Waals surface area contributed by atoms with E-state index in [1.165, 1.54) is 10.9 Å². The zero-order chi connectivity index (χ0) is 36.0. The van der Waals surface area contributed by atoms with Crippen LogP contribution in [-0.2, 0) is 25.8 Å². The number of esters is 1. The van der Waals surface area contributed by atoms with Crippen LogP contribution in [0.2, 0.25) is 0 Å². The second-order valence-electron chi connectivity index (χ2n) is 16.8. The third-order valence-electron chi connectivity index (χ3n) is 13.7. The number of fused-ring (bicyclic) bond motifs is 6. The van der Waals surface area contributed by atoms with Gasteiger partial charge in [0.1, 0.15) is 19.4 Å². The Morgan fingerprint density at radius 1 is 1.08 bits per heavy atom. The fourth-order valence-electron chi connectivity index (χ4n) is 11.0. The molecule has 0 saturated heterocycles. The molecular weight excluding hydrogens is 640 g/mol. The zero-order valence-corrected chi connectivity index (χ0v) is 30.4. The van der Waals surface area contributed by atoms with Gasteiger partial charge in [-0.3, -0.25) is 19.1 Å². The van der Waals surface area contributed by atoms with Crippen molar-refractivity contribution in [2.45, 2.75) is 124 Å². The number of anilines is 1. The van der Waals surface area contributed by atoms with E-state index >= 15 is 0 Å². The van der Waals surface area contributed by atoms with Crippen LogP contribution in [0.1, 0.15) is 98.8 Å².